The van der Waals surface area contributed by atoms with Gasteiger partial charge in [0.25, 0.3) is 0 Å². The molecule has 0 aliphatic rings. The molecule has 2 rings (SSSR count). The third-order valence-electron chi connectivity index (χ3n) is 2.99. The van der Waals surface area contributed by atoms with Crippen LogP contribution in [-0.2, 0) is 9.47 Å². The summed E-state index contributed by atoms with van der Waals surface area (Å²) >= 11 is 1.60. The Hall–Kier alpha value is -1.37. The monoisotopic (exact) mass is 281 g/mol. The van der Waals surface area contributed by atoms with Crippen molar-refractivity contribution in [2.24, 2.45) is 0 Å². The number of anilines is 2. The van der Waals surface area contributed by atoms with Crippen molar-refractivity contribution in [2.75, 3.05) is 51.2 Å². The lowest BCUT2D eigenvalue weighted by molar-refractivity contribution is 0.190. The fourth-order valence-corrected chi connectivity index (χ4v) is 2.67. The second kappa shape index (κ2) is 6.70. The normalized spacial score (nSPS) is 11.1. The molecular weight excluding hydrogens is 262 g/mol. The van der Waals surface area contributed by atoms with Gasteiger partial charge in [0.05, 0.1) is 34.8 Å². The van der Waals surface area contributed by atoms with Crippen molar-refractivity contribution in [1.82, 2.24) is 4.98 Å². The van der Waals surface area contributed by atoms with Crippen molar-refractivity contribution in [1.29, 1.82) is 0 Å². The van der Waals surface area contributed by atoms with E-state index in [0.717, 1.165) is 34.7 Å². The molecule has 19 heavy (non-hydrogen) atoms. The molecule has 104 valence electrons. The number of thiazole rings is 1. The minimum atomic E-state index is 0.651. The van der Waals surface area contributed by atoms with Crippen LogP contribution in [0.25, 0.3) is 10.2 Å². The first kappa shape index (κ1) is 14.0. The van der Waals surface area contributed by atoms with Crippen molar-refractivity contribution in [3.05, 3.63) is 17.6 Å². The lowest BCUT2D eigenvalue weighted by atomic mass is 10.2. The zero-order valence-corrected chi connectivity index (χ0v) is 12.1. The Morgan fingerprint density at radius 2 is 1.89 bits per heavy atom. The third kappa shape index (κ3) is 3.15. The van der Waals surface area contributed by atoms with Crippen LogP contribution < -0.4 is 10.6 Å². The molecule has 6 heteroatoms. The zero-order valence-electron chi connectivity index (χ0n) is 11.3. The lowest BCUT2D eigenvalue weighted by Crippen LogP contribution is -2.31. The van der Waals surface area contributed by atoms with E-state index >= 15 is 0 Å². The maximum atomic E-state index is 6.23. The van der Waals surface area contributed by atoms with Crippen LogP contribution in [0, 0.1) is 0 Å². The van der Waals surface area contributed by atoms with Gasteiger partial charge < -0.3 is 20.1 Å². The average molecular weight is 281 g/mol. The van der Waals surface area contributed by atoms with Crippen LogP contribution in [-0.4, -0.2) is 45.5 Å². The average Bonchev–Trinajstić information content (AvgIpc) is 2.89. The van der Waals surface area contributed by atoms with Crippen LogP contribution in [0.3, 0.4) is 0 Å². The van der Waals surface area contributed by atoms with E-state index < -0.39 is 0 Å². The van der Waals surface area contributed by atoms with Gasteiger partial charge in [-0.3, -0.25) is 0 Å². The summed E-state index contributed by atoms with van der Waals surface area (Å²) in [5.74, 6) is 0. The van der Waals surface area contributed by atoms with E-state index in [1.54, 1.807) is 25.6 Å². The first-order chi connectivity index (χ1) is 9.27. The molecule has 0 atom stereocenters. The van der Waals surface area contributed by atoms with E-state index in [9.17, 15) is 0 Å². The van der Waals surface area contributed by atoms with E-state index in [-0.39, 0.29) is 0 Å². The van der Waals surface area contributed by atoms with E-state index in [4.69, 9.17) is 15.2 Å². The van der Waals surface area contributed by atoms with Crippen LogP contribution in [0.2, 0.25) is 0 Å². The topological polar surface area (TPSA) is 60.6 Å². The number of aromatic nitrogens is 1. The van der Waals surface area contributed by atoms with E-state index in [2.05, 4.69) is 16.0 Å². The van der Waals surface area contributed by atoms with Crippen LogP contribution in [0.4, 0.5) is 11.4 Å². The number of nitrogens with two attached hydrogens (primary N) is 1. The van der Waals surface area contributed by atoms with Crippen molar-refractivity contribution < 1.29 is 9.47 Å². The van der Waals surface area contributed by atoms with Crippen molar-refractivity contribution in [3.63, 3.8) is 0 Å². The highest BCUT2D eigenvalue weighted by Gasteiger charge is 2.13. The van der Waals surface area contributed by atoms with Gasteiger partial charge in [-0.2, -0.15) is 0 Å². The number of methoxy groups -OCH3 is 2. The van der Waals surface area contributed by atoms with Crippen molar-refractivity contribution >= 4 is 32.9 Å². The Morgan fingerprint density at radius 3 is 2.53 bits per heavy atom. The van der Waals surface area contributed by atoms with Crippen LogP contribution in [0.15, 0.2) is 17.6 Å². The molecule has 0 bridgehead atoms. The molecule has 5 nitrogen and oxygen atoms in total. The summed E-state index contributed by atoms with van der Waals surface area (Å²) in [6.07, 6.45) is 0. The lowest BCUT2D eigenvalue weighted by Gasteiger charge is -2.25. The fraction of sp³-hybridized carbons (Fsp3) is 0.462. The fourth-order valence-electron chi connectivity index (χ4n) is 1.97. The maximum absolute atomic E-state index is 6.23. The molecule has 0 saturated heterocycles. The molecule has 0 unspecified atom stereocenters. The SMILES string of the molecule is COCCN(CCOC)c1ccc2scnc2c1N. The van der Waals surface area contributed by atoms with Gasteiger partial charge in [-0.1, -0.05) is 0 Å². The van der Waals surface area contributed by atoms with Crippen LogP contribution in [0.5, 0.6) is 0 Å². The highest BCUT2D eigenvalue weighted by molar-refractivity contribution is 7.16. The molecule has 0 aliphatic carbocycles. The second-order valence-electron chi connectivity index (χ2n) is 4.17. The molecule has 1 aromatic carbocycles. The summed E-state index contributed by atoms with van der Waals surface area (Å²) in [7, 11) is 3.39. The molecule has 0 amide bonds. The smallest absolute Gasteiger partial charge is 0.106 e. The summed E-state index contributed by atoms with van der Waals surface area (Å²) in [6, 6.07) is 4.10. The van der Waals surface area contributed by atoms with E-state index in [1.807, 2.05) is 11.6 Å². The Bertz CT molecular complexity index is 522. The Kier molecular flexibility index (Phi) is 4.95. The van der Waals surface area contributed by atoms with Gasteiger partial charge in [0, 0.05) is 27.3 Å². The standard InChI is InChI=1S/C13H19N3O2S/c1-17-7-5-16(6-8-18-2)10-3-4-11-13(12(10)14)15-9-19-11/h3-4,9H,5-8,14H2,1-2H3. The summed E-state index contributed by atoms with van der Waals surface area (Å²) in [5.41, 5.74) is 10.6. The first-order valence-corrected chi connectivity index (χ1v) is 7.00. The highest BCUT2D eigenvalue weighted by atomic mass is 32.1. The molecule has 2 aromatic rings. The van der Waals surface area contributed by atoms with Crippen LogP contribution >= 0.6 is 11.3 Å². The molecule has 0 spiro atoms. The number of ether oxygens (including phenoxy) is 2. The van der Waals surface area contributed by atoms with E-state index in [1.165, 1.54) is 0 Å². The van der Waals surface area contributed by atoms with Crippen LogP contribution in [0.1, 0.15) is 0 Å². The number of hydrogen-bond acceptors (Lipinski definition) is 6. The van der Waals surface area contributed by atoms with Gasteiger partial charge in [0.1, 0.15) is 5.52 Å². The second-order valence-corrected chi connectivity index (χ2v) is 5.06. The Balaban J connectivity index is 2.28. The van der Waals surface area contributed by atoms with Gasteiger partial charge in [-0.05, 0) is 12.1 Å². The summed E-state index contributed by atoms with van der Waals surface area (Å²) in [4.78, 5) is 6.49. The Labute approximate surface area is 116 Å². The van der Waals surface area contributed by atoms with Gasteiger partial charge >= 0.3 is 0 Å². The molecule has 1 aromatic heterocycles. The molecule has 0 saturated carbocycles. The largest absolute Gasteiger partial charge is 0.395 e. The van der Waals surface area contributed by atoms with Crippen molar-refractivity contribution in [3.8, 4) is 0 Å². The molecule has 2 N–H and O–H groups in total. The molecule has 1 heterocycles. The number of benzene rings is 1. The van der Waals surface area contributed by atoms with Gasteiger partial charge in [-0.15, -0.1) is 11.3 Å². The molecular formula is C13H19N3O2S. The van der Waals surface area contributed by atoms with Crippen molar-refractivity contribution in [2.45, 2.75) is 0 Å². The number of nitrogens with zero attached hydrogens (tertiary/aromatic N) is 2. The minimum absolute atomic E-state index is 0.651. The maximum Gasteiger partial charge on any atom is 0.106 e. The zero-order chi connectivity index (χ0) is 13.7. The van der Waals surface area contributed by atoms with Gasteiger partial charge in [0.15, 0.2) is 0 Å². The first-order valence-electron chi connectivity index (χ1n) is 6.12. The summed E-state index contributed by atoms with van der Waals surface area (Å²) in [6.45, 7) is 2.86. The summed E-state index contributed by atoms with van der Waals surface area (Å²) in [5, 5.41) is 0. The molecule has 0 aliphatic heterocycles. The number of hydrogen-bond donors (Lipinski definition) is 1. The highest BCUT2D eigenvalue weighted by Crippen LogP contribution is 2.32. The predicted molar refractivity (Wildman–Crippen MR) is 80.0 cm³/mol. The number of nitrogen functional groups attached to an aromatic ring is 1. The quantitative estimate of drug-likeness (QED) is 0.786. The van der Waals surface area contributed by atoms with E-state index in [0.29, 0.717) is 13.2 Å². The van der Waals surface area contributed by atoms with Gasteiger partial charge in [-0.25, -0.2) is 4.98 Å². The minimum Gasteiger partial charge on any atom is -0.395 e. The molecule has 0 fully saturated rings. The predicted octanol–water partition coefficient (Wildman–Crippen LogP) is 1.98. The third-order valence-corrected chi connectivity index (χ3v) is 3.78. The molecule has 0 radical (unpaired) electrons. The van der Waals surface area contributed by atoms with Gasteiger partial charge in [0.2, 0.25) is 0 Å². The number of fused-ring (bicyclic) bond motifs is 1. The number of rotatable bonds is 7. The Morgan fingerprint density at radius 1 is 1.21 bits per heavy atom. The summed E-state index contributed by atoms with van der Waals surface area (Å²) < 4.78 is 11.4.